The molecule has 2 rings (SSSR count). The molecule has 0 saturated heterocycles. The molecule has 1 aromatic heterocycles. The Labute approximate surface area is 99.5 Å². The SMILES string of the molecule is CCCCn1cc(-c2cccc(F)c2O)cn1. The lowest BCUT2D eigenvalue weighted by Crippen LogP contribution is -1.96. The summed E-state index contributed by atoms with van der Waals surface area (Å²) in [6.07, 6.45) is 5.62. The summed E-state index contributed by atoms with van der Waals surface area (Å²) in [4.78, 5) is 0. The molecule has 90 valence electrons. The van der Waals surface area contributed by atoms with Gasteiger partial charge in [0.25, 0.3) is 0 Å². The summed E-state index contributed by atoms with van der Waals surface area (Å²) < 4.78 is 15.0. The number of hydrogen-bond acceptors (Lipinski definition) is 2. The van der Waals surface area contributed by atoms with Crippen LogP contribution in [0.4, 0.5) is 4.39 Å². The number of hydrogen-bond donors (Lipinski definition) is 1. The van der Waals surface area contributed by atoms with E-state index in [1.54, 1.807) is 18.3 Å². The van der Waals surface area contributed by atoms with Crippen molar-refractivity contribution < 1.29 is 9.50 Å². The molecule has 0 fully saturated rings. The van der Waals surface area contributed by atoms with Gasteiger partial charge in [0, 0.05) is 23.9 Å². The zero-order valence-electron chi connectivity index (χ0n) is 9.73. The maximum absolute atomic E-state index is 13.2. The number of halogens is 1. The van der Waals surface area contributed by atoms with Gasteiger partial charge in [0.2, 0.25) is 0 Å². The van der Waals surface area contributed by atoms with Gasteiger partial charge in [-0.05, 0) is 12.5 Å². The summed E-state index contributed by atoms with van der Waals surface area (Å²) in [5.41, 5.74) is 1.21. The van der Waals surface area contributed by atoms with E-state index in [4.69, 9.17) is 0 Å². The van der Waals surface area contributed by atoms with E-state index in [-0.39, 0.29) is 5.75 Å². The van der Waals surface area contributed by atoms with Gasteiger partial charge < -0.3 is 5.11 Å². The molecule has 4 heteroatoms. The van der Waals surface area contributed by atoms with Gasteiger partial charge in [0.15, 0.2) is 11.6 Å². The summed E-state index contributed by atoms with van der Waals surface area (Å²) in [5, 5.41) is 13.8. The number of para-hydroxylation sites is 1. The topological polar surface area (TPSA) is 38.0 Å². The van der Waals surface area contributed by atoms with Crippen LogP contribution >= 0.6 is 0 Å². The second kappa shape index (κ2) is 4.99. The normalized spacial score (nSPS) is 10.7. The predicted octanol–water partition coefficient (Wildman–Crippen LogP) is 3.19. The van der Waals surface area contributed by atoms with Gasteiger partial charge >= 0.3 is 0 Å². The number of aromatic hydroxyl groups is 1. The Hall–Kier alpha value is -1.84. The van der Waals surface area contributed by atoms with Gasteiger partial charge in [-0.1, -0.05) is 25.5 Å². The van der Waals surface area contributed by atoms with Crippen molar-refractivity contribution in [2.45, 2.75) is 26.3 Å². The van der Waals surface area contributed by atoms with Crippen molar-refractivity contribution in [2.75, 3.05) is 0 Å². The molecule has 1 aromatic carbocycles. The van der Waals surface area contributed by atoms with Crippen molar-refractivity contribution in [1.82, 2.24) is 9.78 Å². The highest BCUT2D eigenvalue weighted by Gasteiger charge is 2.10. The third kappa shape index (κ3) is 2.46. The van der Waals surface area contributed by atoms with Crippen LogP contribution in [0.25, 0.3) is 11.1 Å². The molecular weight excluding hydrogens is 219 g/mol. The molecule has 0 amide bonds. The van der Waals surface area contributed by atoms with Crippen molar-refractivity contribution in [2.24, 2.45) is 0 Å². The largest absolute Gasteiger partial charge is 0.504 e. The van der Waals surface area contributed by atoms with E-state index in [9.17, 15) is 9.50 Å². The molecule has 3 nitrogen and oxygen atoms in total. The summed E-state index contributed by atoms with van der Waals surface area (Å²) in [5.74, 6) is -0.925. The highest BCUT2D eigenvalue weighted by Crippen LogP contribution is 2.30. The molecule has 0 bridgehead atoms. The van der Waals surface area contributed by atoms with Gasteiger partial charge in [-0.2, -0.15) is 5.10 Å². The fourth-order valence-electron chi connectivity index (χ4n) is 1.69. The molecule has 0 saturated carbocycles. The first kappa shape index (κ1) is 11.6. The lowest BCUT2D eigenvalue weighted by atomic mass is 10.1. The number of benzene rings is 1. The Bertz CT molecular complexity index is 508. The number of unbranched alkanes of at least 4 members (excludes halogenated alkanes) is 1. The number of phenols is 1. The smallest absolute Gasteiger partial charge is 0.165 e. The molecular formula is C13H15FN2O. The summed E-state index contributed by atoms with van der Waals surface area (Å²) in [7, 11) is 0. The number of phenolic OH excluding ortho intramolecular Hbond substituents is 1. The van der Waals surface area contributed by atoms with Crippen LogP contribution in [-0.4, -0.2) is 14.9 Å². The highest BCUT2D eigenvalue weighted by molar-refractivity contribution is 5.68. The summed E-state index contributed by atoms with van der Waals surface area (Å²) >= 11 is 0. The van der Waals surface area contributed by atoms with Crippen molar-refractivity contribution in [1.29, 1.82) is 0 Å². The molecule has 0 aliphatic carbocycles. The molecule has 0 atom stereocenters. The summed E-state index contributed by atoms with van der Waals surface area (Å²) in [6, 6.07) is 4.49. The minimum Gasteiger partial charge on any atom is -0.504 e. The monoisotopic (exact) mass is 234 g/mol. The Balaban J connectivity index is 2.27. The third-order valence-electron chi connectivity index (χ3n) is 2.67. The van der Waals surface area contributed by atoms with Crippen LogP contribution in [-0.2, 0) is 6.54 Å². The minimum absolute atomic E-state index is 0.317. The number of aromatic nitrogens is 2. The first-order valence-corrected chi connectivity index (χ1v) is 5.72. The third-order valence-corrected chi connectivity index (χ3v) is 2.67. The number of rotatable bonds is 4. The van der Waals surface area contributed by atoms with E-state index in [0.29, 0.717) is 5.56 Å². The average Bonchev–Trinajstić information content (AvgIpc) is 2.78. The van der Waals surface area contributed by atoms with E-state index in [0.717, 1.165) is 24.9 Å². The molecule has 0 spiro atoms. The van der Waals surface area contributed by atoms with E-state index in [2.05, 4.69) is 12.0 Å². The highest BCUT2D eigenvalue weighted by atomic mass is 19.1. The van der Waals surface area contributed by atoms with E-state index in [1.807, 2.05) is 10.9 Å². The van der Waals surface area contributed by atoms with E-state index >= 15 is 0 Å². The fraction of sp³-hybridized carbons (Fsp3) is 0.308. The second-order valence-electron chi connectivity index (χ2n) is 3.98. The maximum atomic E-state index is 13.2. The molecule has 0 aliphatic heterocycles. The van der Waals surface area contributed by atoms with E-state index < -0.39 is 5.82 Å². The van der Waals surface area contributed by atoms with Crippen LogP contribution in [0.1, 0.15) is 19.8 Å². The Morgan fingerprint density at radius 3 is 3.00 bits per heavy atom. The lowest BCUT2D eigenvalue weighted by Gasteiger charge is -2.02. The lowest BCUT2D eigenvalue weighted by molar-refractivity contribution is 0.434. The summed E-state index contributed by atoms with van der Waals surface area (Å²) in [6.45, 7) is 2.95. The Kier molecular flexibility index (Phi) is 3.42. The quantitative estimate of drug-likeness (QED) is 0.882. The molecule has 0 aliphatic rings. The molecule has 1 heterocycles. The number of nitrogens with zero attached hydrogens (tertiary/aromatic N) is 2. The van der Waals surface area contributed by atoms with Crippen LogP contribution in [0, 0.1) is 5.82 Å². The first-order chi connectivity index (χ1) is 8.22. The maximum Gasteiger partial charge on any atom is 0.165 e. The van der Waals surface area contributed by atoms with Gasteiger partial charge in [-0.25, -0.2) is 4.39 Å². The number of aryl methyl sites for hydroxylation is 1. The van der Waals surface area contributed by atoms with Gasteiger partial charge in [-0.15, -0.1) is 0 Å². The van der Waals surface area contributed by atoms with Crippen LogP contribution in [0.3, 0.4) is 0 Å². The van der Waals surface area contributed by atoms with Crippen molar-refractivity contribution >= 4 is 0 Å². The van der Waals surface area contributed by atoms with Crippen molar-refractivity contribution in [3.05, 3.63) is 36.4 Å². The zero-order chi connectivity index (χ0) is 12.3. The predicted molar refractivity (Wildman–Crippen MR) is 64.2 cm³/mol. The molecule has 17 heavy (non-hydrogen) atoms. The van der Waals surface area contributed by atoms with Gasteiger partial charge in [0.05, 0.1) is 6.20 Å². The molecule has 0 radical (unpaired) electrons. The van der Waals surface area contributed by atoms with Gasteiger partial charge in [-0.3, -0.25) is 4.68 Å². The zero-order valence-corrected chi connectivity index (χ0v) is 9.73. The van der Waals surface area contributed by atoms with Crippen LogP contribution < -0.4 is 0 Å². The van der Waals surface area contributed by atoms with E-state index in [1.165, 1.54) is 6.07 Å². The van der Waals surface area contributed by atoms with Gasteiger partial charge in [0.1, 0.15) is 0 Å². The fourth-order valence-corrected chi connectivity index (χ4v) is 1.69. The minimum atomic E-state index is -0.608. The van der Waals surface area contributed by atoms with Crippen LogP contribution in [0.15, 0.2) is 30.6 Å². The Morgan fingerprint density at radius 2 is 2.24 bits per heavy atom. The first-order valence-electron chi connectivity index (χ1n) is 5.72. The standard InChI is InChI=1S/C13H15FN2O/c1-2-3-7-16-9-10(8-15-16)11-5-4-6-12(14)13(11)17/h4-6,8-9,17H,2-3,7H2,1H3. The molecule has 2 aromatic rings. The van der Waals surface area contributed by atoms with Crippen molar-refractivity contribution in [3.8, 4) is 16.9 Å². The average molecular weight is 234 g/mol. The Morgan fingerprint density at radius 1 is 1.41 bits per heavy atom. The molecule has 0 unspecified atom stereocenters. The second-order valence-corrected chi connectivity index (χ2v) is 3.98. The van der Waals surface area contributed by atoms with Crippen LogP contribution in [0.5, 0.6) is 5.75 Å². The van der Waals surface area contributed by atoms with Crippen molar-refractivity contribution in [3.63, 3.8) is 0 Å². The van der Waals surface area contributed by atoms with Crippen LogP contribution in [0.2, 0.25) is 0 Å². The molecule has 1 N–H and O–H groups in total.